The van der Waals surface area contributed by atoms with Crippen LogP contribution in [0.5, 0.6) is 0 Å². The number of amides is 1. The van der Waals surface area contributed by atoms with Crippen molar-refractivity contribution in [3.63, 3.8) is 0 Å². The number of nitrogens with two attached hydrogens (primary N) is 1. The summed E-state index contributed by atoms with van der Waals surface area (Å²) in [5, 5.41) is 0. The number of rotatable bonds is 2. The van der Waals surface area contributed by atoms with Gasteiger partial charge in [0.1, 0.15) is 0 Å². The highest BCUT2D eigenvalue weighted by Crippen LogP contribution is 2.32. The summed E-state index contributed by atoms with van der Waals surface area (Å²) in [6.07, 6.45) is -3.02. The normalized spacial score (nSPS) is 17.3. The van der Waals surface area contributed by atoms with Crippen molar-refractivity contribution in [2.75, 3.05) is 19.6 Å². The summed E-state index contributed by atoms with van der Waals surface area (Å²) in [6.45, 7) is 1.49. The van der Waals surface area contributed by atoms with Gasteiger partial charge in [-0.1, -0.05) is 12.1 Å². The smallest absolute Gasteiger partial charge is 0.339 e. The predicted octanol–water partition coefficient (Wildman–Crippen LogP) is 2.52. The molecule has 0 atom stereocenters. The Hall–Kier alpha value is -1.56. The van der Waals surface area contributed by atoms with E-state index < -0.39 is 17.6 Å². The molecule has 20 heavy (non-hydrogen) atoms. The van der Waals surface area contributed by atoms with Gasteiger partial charge in [-0.2, -0.15) is 13.2 Å². The Bertz CT molecular complexity index is 480. The summed E-state index contributed by atoms with van der Waals surface area (Å²) < 4.78 is 38.7. The van der Waals surface area contributed by atoms with Gasteiger partial charge in [0.2, 0.25) is 0 Å². The second kappa shape index (κ2) is 5.83. The van der Waals surface area contributed by atoms with Crippen LogP contribution in [0.15, 0.2) is 24.3 Å². The minimum absolute atomic E-state index is 0.272. The number of hydrogen-bond acceptors (Lipinski definition) is 2. The van der Waals surface area contributed by atoms with Gasteiger partial charge in [-0.25, -0.2) is 0 Å². The van der Waals surface area contributed by atoms with Gasteiger partial charge in [0.25, 0.3) is 5.91 Å². The molecule has 2 N–H and O–H groups in total. The lowest BCUT2D eigenvalue weighted by molar-refractivity contribution is -0.138. The minimum Gasteiger partial charge on any atom is -0.339 e. The van der Waals surface area contributed by atoms with Gasteiger partial charge in [0.15, 0.2) is 0 Å². The average Bonchev–Trinajstić information content (AvgIpc) is 2.46. The van der Waals surface area contributed by atoms with Gasteiger partial charge >= 0.3 is 6.18 Å². The number of carbonyl (C=O) groups is 1. The molecule has 0 aromatic heterocycles. The second-order valence-corrected chi connectivity index (χ2v) is 5.01. The topological polar surface area (TPSA) is 46.3 Å². The van der Waals surface area contributed by atoms with Gasteiger partial charge in [-0.15, -0.1) is 0 Å². The molecule has 0 bridgehead atoms. The molecule has 1 heterocycles. The van der Waals surface area contributed by atoms with E-state index in [0.717, 1.165) is 18.9 Å². The third kappa shape index (κ3) is 3.12. The van der Waals surface area contributed by atoms with Crippen molar-refractivity contribution < 1.29 is 18.0 Å². The molecule has 0 unspecified atom stereocenters. The molecule has 0 spiro atoms. The van der Waals surface area contributed by atoms with E-state index in [9.17, 15) is 18.0 Å². The van der Waals surface area contributed by atoms with Crippen molar-refractivity contribution in [1.82, 2.24) is 4.90 Å². The Kier molecular flexibility index (Phi) is 4.32. The van der Waals surface area contributed by atoms with Crippen molar-refractivity contribution >= 4 is 5.91 Å². The summed E-state index contributed by atoms with van der Waals surface area (Å²) in [6, 6.07) is 4.93. The highest BCUT2D eigenvalue weighted by Gasteiger charge is 2.36. The monoisotopic (exact) mass is 286 g/mol. The number of carbonyl (C=O) groups excluding carboxylic acids is 1. The molecular weight excluding hydrogens is 269 g/mol. The Labute approximate surface area is 115 Å². The maximum Gasteiger partial charge on any atom is 0.417 e. The number of halogens is 3. The number of piperidine rings is 1. The van der Waals surface area contributed by atoms with Crippen LogP contribution in [0.25, 0.3) is 0 Å². The van der Waals surface area contributed by atoms with Crippen LogP contribution in [0.1, 0.15) is 28.8 Å². The number of benzene rings is 1. The van der Waals surface area contributed by atoms with Gasteiger partial charge in [-0.05, 0) is 37.4 Å². The number of hydrogen-bond donors (Lipinski definition) is 1. The zero-order valence-electron chi connectivity index (χ0n) is 11.0. The molecule has 0 aliphatic carbocycles. The third-order valence-electron chi connectivity index (χ3n) is 3.70. The summed E-state index contributed by atoms with van der Waals surface area (Å²) in [5.41, 5.74) is 4.42. The molecule has 0 radical (unpaired) electrons. The zero-order valence-corrected chi connectivity index (χ0v) is 11.0. The zero-order chi connectivity index (χ0) is 14.8. The van der Waals surface area contributed by atoms with Crippen LogP contribution in [0.3, 0.4) is 0 Å². The van der Waals surface area contributed by atoms with E-state index in [1.165, 1.54) is 23.1 Å². The van der Waals surface area contributed by atoms with Crippen molar-refractivity contribution in [2.24, 2.45) is 11.7 Å². The van der Waals surface area contributed by atoms with Crippen LogP contribution in [-0.2, 0) is 6.18 Å². The molecule has 1 amide bonds. The molecular formula is C14H17F3N2O. The van der Waals surface area contributed by atoms with Gasteiger partial charge < -0.3 is 10.6 Å². The molecule has 1 aromatic carbocycles. The van der Waals surface area contributed by atoms with Crippen molar-refractivity contribution in [3.05, 3.63) is 35.4 Å². The fourth-order valence-corrected chi connectivity index (χ4v) is 2.46. The first-order valence-electron chi connectivity index (χ1n) is 6.59. The Morgan fingerprint density at radius 3 is 2.40 bits per heavy atom. The van der Waals surface area contributed by atoms with E-state index in [1.54, 1.807) is 0 Å². The first kappa shape index (κ1) is 14.8. The van der Waals surface area contributed by atoms with E-state index in [-0.39, 0.29) is 5.56 Å². The molecule has 1 saturated heterocycles. The first-order valence-corrected chi connectivity index (χ1v) is 6.59. The maximum atomic E-state index is 12.9. The number of alkyl halides is 3. The van der Waals surface area contributed by atoms with Crippen LogP contribution in [-0.4, -0.2) is 30.4 Å². The van der Waals surface area contributed by atoms with Gasteiger partial charge in [-0.3, -0.25) is 4.79 Å². The first-order chi connectivity index (χ1) is 9.43. The fourth-order valence-electron chi connectivity index (χ4n) is 2.46. The lowest BCUT2D eigenvalue weighted by Crippen LogP contribution is -2.40. The summed E-state index contributed by atoms with van der Waals surface area (Å²) in [5.74, 6) is -0.190. The molecule has 6 heteroatoms. The molecule has 1 aliphatic heterocycles. The molecule has 1 aliphatic rings. The van der Waals surface area contributed by atoms with E-state index >= 15 is 0 Å². The lowest BCUT2D eigenvalue weighted by atomic mass is 9.96. The number of nitrogens with zero attached hydrogens (tertiary/aromatic N) is 1. The highest BCUT2D eigenvalue weighted by atomic mass is 19.4. The lowest BCUT2D eigenvalue weighted by Gasteiger charge is -2.32. The Balaban J connectivity index is 2.18. The van der Waals surface area contributed by atoms with E-state index in [0.29, 0.717) is 25.6 Å². The second-order valence-electron chi connectivity index (χ2n) is 5.01. The predicted molar refractivity (Wildman–Crippen MR) is 69.1 cm³/mol. The molecule has 1 fully saturated rings. The van der Waals surface area contributed by atoms with E-state index in [4.69, 9.17) is 5.73 Å². The summed E-state index contributed by atoms with van der Waals surface area (Å²) in [7, 11) is 0. The maximum absolute atomic E-state index is 12.9. The van der Waals surface area contributed by atoms with Gasteiger partial charge in [0.05, 0.1) is 11.1 Å². The molecule has 1 aromatic rings. The van der Waals surface area contributed by atoms with Crippen LogP contribution in [0.4, 0.5) is 13.2 Å². The molecule has 2 rings (SSSR count). The van der Waals surface area contributed by atoms with Crippen molar-refractivity contribution in [2.45, 2.75) is 19.0 Å². The quantitative estimate of drug-likeness (QED) is 0.908. The van der Waals surface area contributed by atoms with E-state index in [2.05, 4.69) is 0 Å². The average molecular weight is 286 g/mol. The van der Waals surface area contributed by atoms with Crippen molar-refractivity contribution in [1.29, 1.82) is 0 Å². The minimum atomic E-state index is -4.51. The third-order valence-corrected chi connectivity index (χ3v) is 3.70. The summed E-state index contributed by atoms with van der Waals surface area (Å²) in [4.78, 5) is 13.7. The molecule has 0 saturated carbocycles. The Morgan fingerprint density at radius 2 is 1.85 bits per heavy atom. The summed E-state index contributed by atoms with van der Waals surface area (Å²) >= 11 is 0. The SMILES string of the molecule is NCC1CCN(C(=O)c2ccccc2C(F)(F)F)CC1. The van der Waals surface area contributed by atoms with Crippen LogP contribution in [0, 0.1) is 5.92 Å². The molecule has 3 nitrogen and oxygen atoms in total. The van der Waals surface area contributed by atoms with Crippen LogP contribution >= 0.6 is 0 Å². The van der Waals surface area contributed by atoms with Gasteiger partial charge in [0, 0.05) is 13.1 Å². The van der Waals surface area contributed by atoms with Crippen LogP contribution in [0.2, 0.25) is 0 Å². The fraction of sp³-hybridized carbons (Fsp3) is 0.500. The largest absolute Gasteiger partial charge is 0.417 e. The van der Waals surface area contributed by atoms with E-state index in [1.807, 2.05) is 0 Å². The molecule has 110 valence electrons. The van der Waals surface area contributed by atoms with Crippen LogP contribution < -0.4 is 5.73 Å². The number of likely N-dealkylation sites (tertiary alicyclic amines) is 1. The highest BCUT2D eigenvalue weighted by molar-refractivity contribution is 5.96. The Morgan fingerprint density at radius 1 is 1.25 bits per heavy atom. The van der Waals surface area contributed by atoms with Crippen molar-refractivity contribution in [3.8, 4) is 0 Å². The standard InChI is InChI=1S/C14H17F3N2O/c15-14(16,17)12-4-2-1-3-11(12)13(20)19-7-5-10(9-18)6-8-19/h1-4,10H,5-9,18H2.